The molecule has 2 aromatic rings. The van der Waals surface area contributed by atoms with Gasteiger partial charge in [0.2, 0.25) is 0 Å². The van der Waals surface area contributed by atoms with E-state index in [1.165, 1.54) is 0 Å². The Balaban J connectivity index is 2.35. The number of aliphatic carboxylic acids is 1. The van der Waals surface area contributed by atoms with Crippen molar-refractivity contribution in [3.63, 3.8) is 0 Å². The van der Waals surface area contributed by atoms with Crippen LogP contribution in [0.5, 0.6) is 0 Å². The number of rotatable bonds is 4. The summed E-state index contributed by atoms with van der Waals surface area (Å²) in [6.45, 7) is 1.86. The first kappa shape index (κ1) is 14.9. The van der Waals surface area contributed by atoms with Gasteiger partial charge in [0, 0.05) is 5.69 Å². The van der Waals surface area contributed by atoms with Gasteiger partial charge in [-0.05, 0) is 36.8 Å². The Kier molecular flexibility index (Phi) is 4.16. The van der Waals surface area contributed by atoms with Crippen molar-refractivity contribution in [2.24, 2.45) is 0 Å². The average molecular weight is 295 g/mol. The van der Waals surface area contributed by atoms with Gasteiger partial charge in [0.15, 0.2) is 23.5 Å². The predicted molar refractivity (Wildman–Crippen MR) is 71.5 cm³/mol. The summed E-state index contributed by atoms with van der Waals surface area (Å²) < 4.78 is 39.4. The highest BCUT2D eigenvalue weighted by Crippen LogP contribution is 2.23. The highest BCUT2D eigenvalue weighted by molar-refractivity contribution is 5.79. The smallest absolute Gasteiger partial charge is 0.330 e. The van der Waals surface area contributed by atoms with E-state index < -0.39 is 29.5 Å². The molecule has 0 aliphatic rings. The minimum Gasteiger partial charge on any atom is -0.479 e. The normalized spacial score (nSPS) is 12.0. The number of carbonyl (C=O) groups is 1. The van der Waals surface area contributed by atoms with E-state index in [4.69, 9.17) is 0 Å². The lowest BCUT2D eigenvalue weighted by Crippen LogP contribution is -2.21. The Bertz CT molecular complexity index is 648. The first-order chi connectivity index (χ1) is 9.88. The van der Waals surface area contributed by atoms with Crippen LogP contribution in [-0.4, -0.2) is 11.1 Å². The van der Waals surface area contributed by atoms with Crippen molar-refractivity contribution >= 4 is 11.7 Å². The second kappa shape index (κ2) is 5.87. The molecule has 0 aliphatic heterocycles. The molecule has 2 rings (SSSR count). The second-order valence-corrected chi connectivity index (χ2v) is 4.58. The fourth-order valence-electron chi connectivity index (χ4n) is 1.85. The van der Waals surface area contributed by atoms with Crippen LogP contribution in [0.25, 0.3) is 0 Å². The number of aryl methyl sites for hydroxylation is 1. The van der Waals surface area contributed by atoms with Crippen LogP contribution in [0.3, 0.4) is 0 Å². The molecule has 0 aromatic heterocycles. The molecule has 6 heteroatoms. The largest absolute Gasteiger partial charge is 0.479 e. The van der Waals surface area contributed by atoms with Gasteiger partial charge in [-0.3, -0.25) is 0 Å². The van der Waals surface area contributed by atoms with E-state index in [0.29, 0.717) is 17.8 Å². The second-order valence-electron chi connectivity index (χ2n) is 4.58. The van der Waals surface area contributed by atoms with Crippen LogP contribution < -0.4 is 5.32 Å². The first-order valence-corrected chi connectivity index (χ1v) is 6.09. The van der Waals surface area contributed by atoms with E-state index in [2.05, 4.69) is 5.32 Å². The molecule has 0 amide bonds. The zero-order valence-electron chi connectivity index (χ0n) is 11.0. The van der Waals surface area contributed by atoms with Crippen molar-refractivity contribution in [1.82, 2.24) is 0 Å². The molecule has 110 valence electrons. The van der Waals surface area contributed by atoms with E-state index in [9.17, 15) is 23.1 Å². The number of halogens is 3. The summed E-state index contributed by atoms with van der Waals surface area (Å²) in [7, 11) is 0. The predicted octanol–water partition coefficient (Wildman–Crippen LogP) is 3.65. The Labute approximate surface area is 119 Å². The van der Waals surface area contributed by atoms with Crippen molar-refractivity contribution in [2.45, 2.75) is 13.0 Å². The van der Waals surface area contributed by atoms with Crippen LogP contribution in [0, 0.1) is 24.4 Å². The topological polar surface area (TPSA) is 49.3 Å². The number of hydrogen-bond donors (Lipinski definition) is 2. The Morgan fingerprint density at radius 2 is 1.62 bits per heavy atom. The molecule has 3 nitrogen and oxygen atoms in total. The van der Waals surface area contributed by atoms with E-state index in [0.717, 1.165) is 5.56 Å². The van der Waals surface area contributed by atoms with Crippen molar-refractivity contribution in [1.29, 1.82) is 0 Å². The highest BCUT2D eigenvalue weighted by Gasteiger charge is 2.23. The fraction of sp³-hybridized carbons (Fsp3) is 0.133. The van der Waals surface area contributed by atoms with Crippen LogP contribution in [0.4, 0.5) is 18.9 Å². The maximum atomic E-state index is 13.2. The number of nitrogens with one attached hydrogen (secondary N) is 1. The standard InChI is InChI=1S/C15H12F3NO2/c1-8-2-4-10(5-3-8)19-14(15(20)21)9-6-11(16)13(18)12(17)7-9/h2-7,14,19H,1H3,(H,20,21). The average Bonchev–Trinajstić information content (AvgIpc) is 2.43. The highest BCUT2D eigenvalue weighted by atomic mass is 19.2. The number of hydrogen-bond acceptors (Lipinski definition) is 2. The molecule has 0 heterocycles. The van der Waals surface area contributed by atoms with Gasteiger partial charge in [0.25, 0.3) is 0 Å². The molecule has 0 bridgehead atoms. The Morgan fingerprint density at radius 3 is 2.10 bits per heavy atom. The van der Waals surface area contributed by atoms with Gasteiger partial charge in [0.05, 0.1) is 0 Å². The third-order valence-corrected chi connectivity index (χ3v) is 2.95. The van der Waals surface area contributed by atoms with Crippen LogP contribution in [-0.2, 0) is 4.79 Å². The summed E-state index contributed by atoms with van der Waals surface area (Å²) in [4.78, 5) is 11.3. The van der Waals surface area contributed by atoms with Crippen LogP contribution in [0.2, 0.25) is 0 Å². The van der Waals surface area contributed by atoms with E-state index in [1.807, 2.05) is 6.92 Å². The van der Waals surface area contributed by atoms with Crippen LogP contribution in [0.1, 0.15) is 17.2 Å². The molecule has 0 saturated heterocycles. The Hall–Kier alpha value is -2.50. The van der Waals surface area contributed by atoms with E-state index in [1.54, 1.807) is 24.3 Å². The van der Waals surface area contributed by atoms with Gasteiger partial charge in [0.1, 0.15) is 0 Å². The molecule has 0 aliphatic carbocycles. The zero-order valence-corrected chi connectivity index (χ0v) is 11.0. The molecule has 2 aromatic carbocycles. The third kappa shape index (κ3) is 3.34. The molecule has 1 atom stereocenters. The summed E-state index contributed by atoms with van der Waals surface area (Å²) in [5.41, 5.74) is 1.24. The van der Waals surface area contributed by atoms with Crippen molar-refractivity contribution < 1.29 is 23.1 Å². The lowest BCUT2D eigenvalue weighted by atomic mass is 10.1. The van der Waals surface area contributed by atoms with Crippen molar-refractivity contribution in [2.75, 3.05) is 5.32 Å². The third-order valence-electron chi connectivity index (χ3n) is 2.95. The summed E-state index contributed by atoms with van der Waals surface area (Å²) >= 11 is 0. The fourth-order valence-corrected chi connectivity index (χ4v) is 1.85. The van der Waals surface area contributed by atoms with Gasteiger partial charge in [-0.25, -0.2) is 18.0 Å². The van der Waals surface area contributed by atoms with Gasteiger partial charge in [-0.2, -0.15) is 0 Å². The zero-order chi connectivity index (χ0) is 15.6. The molecular weight excluding hydrogens is 283 g/mol. The van der Waals surface area contributed by atoms with Crippen molar-refractivity contribution in [3.8, 4) is 0 Å². The minimum absolute atomic E-state index is 0.209. The van der Waals surface area contributed by atoms with E-state index >= 15 is 0 Å². The van der Waals surface area contributed by atoms with Crippen LogP contribution >= 0.6 is 0 Å². The molecular formula is C15H12F3NO2. The number of benzene rings is 2. The molecule has 2 N–H and O–H groups in total. The molecule has 0 spiro atoms. The quantitative estimate of drug-likeness (QED) is 0.846. The maximum Gasteiger partial charge on any atom is 0.330 e. The first-order valence-electron chi connectivity index (χ1n) is 6.09. The number of anilines is 1. The number of carboxylic acid groups (broad SMARTS) is 1. The maximum absolute atomic E-state index is 13.2. The molecule has 0 fully saturated rings. The minimum atomic E-state index is -1.63. The van der Waals surface area contributed by atoms with Crippen molar-refractivity contribution in [3.05, 3.63) is 65.0 Å². The summed E-state index contributed by atoms with van der Waals surface area (Å²) in [6.07, 6.45) is 0. The lowest BCUT2D eigenvalue weighted by molar-refractivity contribution is -0.138. The molecule has 0 saturated carbocycles. The monoisotopic (exact) mass is 295 g/mol. The van der Waals surface area contributed by atoms with Gasteiger partial charge < -0.3 is 10.4 Å². The van der Waals surface area contributed by atoms with Gasteiger partial charge >= 0.3 is 5.97 Å². The number of carboxylic acids is 1. The molecule has 21 heavy (non-hydrogen) atoms. The lowest BCUT2D eigenvalue weighted by Gasteiger charge is -2.16. The molecule has 0 radical (unpaired) electrons. The summed E-state index contributed by atoms with van der Waals surface area (Å²) in [6, 6.07) is 6.73. The van der Waals surface area contributed by atoms with E-state index in [-0.39, 0.29) is 5.56 Å². The van der Waals surface area contributed by atoms with Crippen LogP contribution in [0.15, 0.2) is 36.4 Å². The SMILES string of the molecule is Cc1ccc(NC(C(=O)O)c2cc(F)c(F)c(F)c2)cc1. The van der Waals surface area contributed by atoms with Gasteiger partial charge in [-0.1, -0.05) is 17.7 Å². The summed E-state index contributed by atoms with van der Waals surface area (Å²) in [5.74, 6) is -5.82. The molecule has 1 unspecified atom stereocenters. The summed E-state index contributed by atoms with van der Waals surface area (Å²) in [5, 5.41) is 11.8. The Morgan fingerprint density at radius 1 is 1.10 bits per heavy atom. The van der Waals surface area contributed by atoms with Gasteiger partial charge in [-0.15, -0.1) is 0 Å².